The number of rotatable bonds is 13. The van der Waals surface area contributed by atoms with Gasteiger partial charge in [-0.1, -0.05) is 48.5 Å². The summed E-state index contributed by atoms with van der Waals surface area (Å²) in [6.07, 6.45) is 5.13. The molecular weight excluding hydrogens is 507 g/mol. The third kappa shape index (κ3) is 8.79. The Kier molecular flexibility index (Phi) is 10.6. The molecule has 0 radical (unpaired) electrons. The molecule has 1 heterocycles. The maximum atomic E-state index is 13.3. The van der Waals surface area contributed by atoms with Crippen molar-refractivity contribution in [2.75, 3.05) is 19.4 Å². The molecular formula is C29H39BN6O4. The molecule has 4 N–H and O–H groups in total. The monoisotopic (exact) mass is 546 g/mol. The Morgan fingerprint density at radius 3 is 2.42 bits per heavy atom. The number of anilines is 1. The van der Waals surface area contributed by atoms with Crippen LogP contribution < -0.4 is 15.9 Å². The Labute approximate surface area is 236 Å². The van der Waals surface area contributed by atoms with Crippen LogP contribution in [0.2, 0.25) is 6.82 Å². The first-order chi connectivity index (χ1) is 19.0. The molecule has 3 rings (SSSR count). The van der Waals surface area contributed by atoms with E-state index in [1.165, 1.54) is 11.7 Å². The van der Waals surface area contributed by atoms with Gasteiger partial charge in [0, 0.05) is 32.4 Å². The summed E-state index contributed by atoms with van der Waals surface area (Å²) in [6, 6.07) is 16.5. The largest absolute Gasteiger partial charge is 0.437 e. The van der Waals surface area contributed by atoms with Crippen LogP contribution in [0.1, 0.15) is 48.2 Å². The second kappa shape index (κ2) is 13.9. The number of nitrogens with one attached hydrogen (secondary N) is 3. The highest BCUT2D eigenvalue weighted by molar-refractivity contribution is 6.46. The van der Waals surface area contributed by atoms with Crippen molar-refractivity contribution < 1.29 is 19.4 Å². The fraction of sp³-hybridized carbons (Fsp3) is 0.379. The van der Waals surface area contributed by atoms with E-state index in [0.717, 1.165) is 17.5 Å². The number of imidazole rings is 1. The average molecular weight is 546 g/mol. The third-order valence-electron chi connectivity index (χ3n) is 6.45. The molecule has 3 amide bonds. The number of aryl methyl sites for hydroxylation is 1. The highest BCUT2D eigenvalue weighted by Crippen LogP contribution is 2.15. The molecule has 0 saturated heterocycles. The van der Waals surface area contributed by atoms with Crippen molar-refractivity contribution in [2.45, 2.75) is 58.1 Å². The lowest BCUT2D eigenvalue weighted by Crippen LogP contribution is -2.60. The number of aromatic nitrogens is 2. The third-order valence-corrected chi connectivity index (χ3v) is 6.45. The molecule has 1 atom stereocenters. The van der Waals surface area contributed by atoms with E-state index in [1.54, 1.807) is 51.1 Å². The molecule has 11 heteroatoms. The van der Waals surface area contributed by atoms with E-state index in [0.29, 0.717) is 30.8 Å². The number of carbonyl (C=O) groups is 3. The number of carbonyl (C=O) groups excluding carboxylic acids is 3. The van der Waals surface area contributed by atoms with Crippen LogP contribution in [0.15, 0.2) is 67.1 Å². The summed E-state index contributed by atoms with van der Waals surface area (Å²) in [7, 11) is 2.52. The van der Waals surface area contributed by atoms with Gasteiger partial charge in [-0.15, -0.1) is 0 Å². The molecule has 0 aliphatic rings. The van der Waals surface area contributed by atoms with Crippen molar-refractivity contribution >= 4 is 30.6 Å². The number of hydrogen-bond donors (Lipinski definition) is 4. The highest BCUT2D eigenvalue weighted by Gasteiger charge is 2.33. The summed E-state index contributed by atoms with van der Waals surface area (Å²) < 4.78 is 1.79. The number of amides is 3. The molecule has 3 aromatic rings. The minimum atomic E-state index is -1.09. The van der Waals surface area contributed by atoms with Crippen molar-refractivity contribution in [3.63, 3.8) is 0 Å². The van der Waals surface area contributed by atoms with Gasteiger partial charge in [0.15, 0.2) is 5.82 Å². The van der Waals surface area contributed by atoms with Gasteiger partial charge in [-0.25, -0.2) is 4.98 Å². The van der Waals surface area contributed by atoms with Crippen molar-refractivity contribution in [2.24, 2.45) is 0 Å². The van der Waals surface area contributed by atoms with Crippen molar-refractivity contribution in [3.8, 4) is 0 Å². The Balaban J connectivity index is 1.71. The topological polar surface area (TPSA) is 129 Å². The standard InChI is InChI=1S/C29H39BN6O4/c1-29(2,34-30(3)40)28(39)32-24(17-11-14-21-12-7-6-8-13-21)26(37)33-25-19-36(20-31-25)18-22-15-9-10-16-23(22)27(38)35(4)5/h6-10,12-13,15-16,19-20,24,34,40H,11,14,17-18H2,1-5H3,(H,32,39)(H,33,37)/t24-/m1/s1. The average Bonchev–Trinajstić information content (AvgIpc) is 3.34. The van der Waals surface area contributed by atoms with Gasteiger partial charge >= 0.3 is 7.05 Å². The van der Waals surface area contributed by atoms with Crippen LogP contribution in [-0.2, 0) is 22.6 Å². The van der Waals surface area contributed by atoms with Crippen LogP contribution in [0.25, 0.3) is 0 Å². The van der Waals surface area contributed by atoms with Gasteiger partial charge in [0.25, 0.3) is 5.91 Å². The lowest BCUT2D eigenvalue weighted by Gasteiger charge is -2.28. The molecule has 0 fully saturated rings. The van der Waals surface area contributed by atoms with E-state index in [9.17, 15) is 19.4 Å². The zero-order valence-electron chi connectivity index (χ0n) is 23.8. The summed E-state index contributed by atoms with van der Waals surface area (Å²) in [4.78, 5) is 44.8. The van der Waals surface area contributed by atoms with E-state index in [4.69, 9.17) is 0 Å². The van der Waals surface area contributed by atoms with Crippen LogP contribution in [0, 0.1) is 0 Å². The molecule has 40 heavy (non-hydrogen) atoms. The molecule has 0 saturated carbocycles. The zero-order valence-corrected chi connectivity index (χ0v) is 23.8. The molecule has 10 nitrogen and oxygen atoms in total. The summed E-state index contributed by atoms with van der Waals surface area (Å²) >= 11 is 0. The maximum absolute atomic E-state index is 13.3. The fourth-order valence-corrected chi connectivity index (χ4v) is 4.38. The first kappa shape index (κ1) is 30.6. The van der Waals surface area contributed by atoms with Gasteiger partial charge in [0.05, 0.1) is 11.9 Å². The smallest absolute Gasteiger partial charge is 0.374 e. The first-order valence-electron chi connectivity index (χ1n) is 13.4. The Morgan fingerprint density at radius 1 is 1.07 bits per heavy atom. The Morgan fingerprint density at radius 2 is 1.75 bits per heavy atom. The summed E-state index contributed by atoms with van der Waals surface area (Å²) in [5.41, 5.74) is 1.48. The number of benzene rings is 2. The number of nitrogens with zero attached hydrogens (tertiary/aromatic N) is 3. The van der Waals surface area contributed by atoms with E-state index in [-0.39, 0.29) is 11.8 Å². The minimum absolute atomic E-state index is 0.0914. The normalized spacial score (nSPS) is 11.9. The molecule has 1 aromatic heterocycles. The van der Waals surface area contributed by atoms with Crippen LogP contribution in [0.4, 0.5) is 5.82 Å². The van der Waals surface area contributed by atoms with Crippen LogP contribution in [0.5, 0.6) is 0 Å². The zero-order chi connectivity index (χ0) is 29.3. The molecule has 0 spiro atoms. The van der Waals surface area contributed by atoms with E-state index in [2.05, 4.69) is 20.8 Å². The van der Waals surface area contributed by atoms with Crippen LogP contribution in [0.3, 0.4) is 0 Å². The van der Waals surface area contributed by atoms with Crippen LogP contribution in [-0.4, -0.2) is 69.9 Å². The van der Waals surface area contributed by atoms with E-state index in [1.807, 2.05) is 48.5 Å². The van der Waals surface area contributed by atoms with Gasteiger partial charge in [-0.3, -0.25) is 14.4 Å². The first-order valence-corrected chi connectivity index (χ1v) is 13.4. The van der Waals surface area contributed by atoms with E-state index < -0.39 is 24.5 Å². The van der Waals surface area contributed by atoms with Gasteiger partial charge < -0.3 is 30.4 Å². The minimum Gasteiger partial charge on any atom is -0.437 e. The van der Waals surface area contributed by atoms with Gasteiger partial charge in [0.1, 0.15) is 6.04 Å². The summed E-state index contributed by atoms with van der Waals surface area (Å²) in [5, 5.41) is 18.2. The lowest BCUT2D eigenvalue weighted by molar-refractivity contribution is -0.130. The SMILES string of the molecule is CB(O)NC(C)(C)C(=O)N[C@H](CCCc1ccccc1)C(=O)Nc1cn(Cc2ccccc2C(=O)N(C)C)cn1. The molecule has 0 bridgehead atoms. The second-order valence-electron chi connectivity index (χ2n) is 10.6. The quantitative estimate of drug-likeness (QED) is 0.244. The van der Waals surface area contributed by atoms with Gasteiger partial charge in [-0.05, 0) is 57.1 Å². The Bertz CT molecular complexity index is 1290. The predicted molar refractivity (Wildman–Crippen MR) is 157 cm³/mol. The molecule has 212 valence electrons. The van der Waals surface area contributed by atoms with Gasteiger partial charge in [-0.2, -0.15) is 0 Å². The van der Waals surface area contributed by atoms with Crippen LogP contribution >= 0.6 is 0 Å². The molecule has 0 aliphatic heterocycles. The van der Waals surface area contributed by atoms with Crippen molar-refractivity contribution in [1.82, 2.24) is 25.0 Å². The Hall–Kier alpha value is -3.96. The molecule has 0 aliphatic carbocycles. The highest BCUT2D eigenvalue weighted by atomic mass is 16.2. The van der Waals surface area contributed by atoms with E-state index >= 15 is 0 Å². The second-order valence-corrected chi connectivity index (χ2v) is 10.6. The summed E-state index contributed by atoms with van der Waals surface area (Å²) in [5.74, 6) is -0.542. The number of hydrogen-bond acceptors (Lipinski definition) is 6. The van der Waals surface area contributed by atoms with Gasteiger partial charge in [0.2, 0.25) is 11.8 Å². The summed E-state index contributed by atoms with van der Waals surface area (Å²) in [6.45, 7) is 5.22. The van der Waals surface area contributed by atoms with Crippen molar-refractivity contribution in [1.29, 1.82) is 0 Å². The fourth-order valence-electron chi connectivity index (χ4n) is 4.38. The predicted octanol–water partition coefficient (Wildman–Crippen LogP) is 2.56. The maximum Gasteiger partial charge on any atom is 0.374 e. The van der Waals surface area contributed by atoms with Crippen molar-refractivity contribution in [3.05, 3.63) is 83.8 Å². The molecule has 2 aromatic carbocycles. The molecule has 0 unspecified atom stereocenters. The lowest BCUT2D eigenvalue weighted by atomic mass is 9.83.